The van der Waals surface area contributed by atoms with Gasteiger partial charge in [-0.2, -0.15) is 10.5 Å². The number of hydrogen-bond donors (Lipinski definition) is 1. The lowest BCUT2D eigenvalue weighted by Gasteiger charge is -2.33. The third-order valence-electron chi connectivity index (χ3n) is 6.13. The van der Waals surface area contributed by atoms with Crippen molar-refractivity contribution in [2.24, 2.45) is 0 Å². The second-order valence-electron chi connectivity index (χ2n) is 8.59. The highest BCUT2D eigenvalue weighted by molar-refractivity contribution is 7.98. The summed E-state index contributed by atoms with van der Waals surface area (Å²) in [5.74, 6) is 1.17. The van der Waals surface area contributed by atoms with Crippen molar-refractivity contribution in [2.75, 3.05) is 31.2 Å². The van der Waals surface area contributed by atoms with Crippen LogP contribution in [0.4, 0.5) is 5.82 Å². The summed E-state index contributed by atoms with van der Waals surface area (Å²) in [6.07, 6.45) is 2.15. The summed E-state index contributed by atoms with van der Waals surface area (Å²) in [4.78, 5) is 28.3. The van der Waals surface area contributed by atoms with Crippen LogP contribution < -0.4 is 10.2 Å². The number of amides is 1. The Morgan fingerprint density at radius 3 is 2.43 bits per heavy atom. The Balaban J connectivity index is 1.75. The first-order chi connectivity index (χ1) is 18.0. The number of carbonyl (C=O) groups excluding carboxylic acids is 2. The average Bonchev–Trinajstić information content (AvgIpc) is 2.93. The summed E-state index contributed by atoms with van der Waals surface area (Å²) >= 11 is 1.49. The Morgan fingerprint density at radius 2 is 1.84 bits per heavy atom. The van der Waals surface area contributed by atoms with E-state index < -0.39 is 0 Å². The molecule has 1 fully saturated rings. The van der Waals surface area contributed by atoms with E-state index in [0.29, 0.717) is 66.9 Å². The number of nitrogens with zero attached hydrogens (tertiary/aromatic N) is 4. The van der Waals surface area contributed by atoms with Gasteiger partial charge in [0.05, 0.1) is 23.8 Å². The van der Waals surface area contributed by atoms with Crippen LogP contribution >= 0.6 is 11.8 Å². The Kier molecular flexibility index (Phi) is 10.8. The molecule has 0 atom stereocenters. The van der Waals surface area contributed by atoms with Gasteiger partial charge in [0.25, 0.3) is 6.47 Å². The third kappa shape index (κ3) is 7.69. The lowest BCUT2D eigenvalue weighted by molar-refractivity contribution is -0.131. The molecule has 9 nitrogen and oxygen atoms in total. The van der Waals surface area contributed by atoms with Gasteiger partial charge in [-0.15, -0.1) is 11.8 Å². The fraction of sp³-hybridized carbons (Fsp3) is 0.444. The summed E-state index contributed by atoms with van der Waals surface area (Å²) in [6, 6.07) is 12.5. The van der Waals surface area contributed by atoms with Crippen LogP contribution in [0.5, 0.6) is 0 Å². The minimum Gasteiger partial charge on any atom is -0.465 e. The van der Waals surface area contributed by atoms with E-state index in [4.69, 9.17) is 9.72 Å². The number of aromatic nitrogens is 1. The lowest BCUT2D eigenvalue weighted by atomic mass is 10.0. The molecule has 0 spiro atoms. The fourth-order valence-corrected chi connectivity index (χ4v) is 5.15. The monoisotopic (exact) mass is 521 g/mol. The topological polar surface area (TPSA) is 128 Å². The molecular formula is C27H31N5O4S. The van der Waals surface area contributed by atoms with Gasteiger partial charge in [-0.3, -0.25) is 9.59 Å². The van der Waals surface area contributed by atoms with E-state index in [0.717, 1.165) is 29.5 Å². The Hall–Kier alpha value is -3.60. The smallest absolute Gasteiger partial charge is 0.293 e. The first-order valence-corrected chi connectivity index (χ1v) is 13.2. The minimum absolute atomic E-state index is 0.0588. The molecule has 0 radical (unpaired) electrons. The van der Waals surface area contributed by atoms with Crippen LogP contribution in [0, 0.1) is 22.7 Å². The van der Waals surface area contributed by atoms with Gasteiger partial charge in [0.2, 0.25) is 5.91 Å². The first kappa shape index (κ1) is 28.0. The van der Waals surface area contributed by atoms with Crippen molar-refractivity contribution in [1.82, 2.24) is 10.3 Å². The van der Waals surface area contributed by atoms with Crippen LogP contribution in [0.25, 0.3) is 0 Å². The molecule has 0 unspecified atom stereocenters. The number of rotatable bonds is 12. The van der Waals surface area contributed by atoms with Crippen molar-refractivity contribution in [3.05, 3.63) is 52.1 Å². The van der Waals surface area contributed by atoms with E-state index >= 15 is 0 Å². The van der Waals surface area contributed by atoms with Crippen LogP contribution in [0.15, 0.2) is 29.3 Å². The molecular weight excluding hydrogens is 490 g/mol. The van der Waals surface area contributed by atoms with Gasteiger partial charge < -0.3 is 19.7 Å². The number of nitriles is 2. The number of thioether (sulfide) groups is 1. The van der Waals surface area contributed by atoms with E-state index in [1.54, 1.807) is 0 Å². The fourth-order valence-electron chi connectivity index (χ4n) is 4.19. The van der Waals surface area contributed by atoms with Gasteiger partial charge >= 0.3 is 0 Å². The summed E-state index contributed by atoms with van der Waals surface area (Å²) in [5, 5.41) is 23.3. The predicted octanol–water partition coefficient (Wildman–Crippen LogP) is 3.47. The zero-order valence-electron chi connectivity index (χ0n) is 21.2. The number of anilines is 1. The first-order valence-electron chi connectivity index (χ1n) is 12.2. The van der Waals surface area contributed by atoms with Crippen LogP contribution in [0.2, 0.25) is 0 Å². The van der Waals surface area contributed by atoms with Gasteiger partial charge in [0, 0.05) is 32.3 Å². The molecule has 2 aromatic rings. The number of hydrogen-bond acceptors (Lipinski definition) is 9. The normalized spacial score (nSPS) is 13.5. The summed E-state index contributed by atoms with van der Waals surface area (Å²) < 4.78 is 10.5. The number of pyridine rings is 1. The molecule has 10 heteroatoms. The Bertz CT molecular complexity index is 1170. The van der Waals surface area contributed by atoms with Gasteiger partial charge in [-0.25, -0.2) is 4.98 Å². The molecule has 194 valence electrons. The van der Waals surface area contributed by atoms with E-state index in [-0.39, 0.29) is 18.6 Å². The van der Waals surface area contributed by atoms with Crippen molar-refractivity contribution in [3.8, 4) is 12.1 Å². The van der Waals surface area contributed by atoms with Gasteiger partial charge in [0.15, 0.2) is 0 Å². The zero-order valence-corrected chi connectivity index (χ0v) is 22.0. The molecule has 0 aliphatic carbocycles. The van der Waals surface area contributed by atoms with E-state index in [1.807, 2.05) is 31.2 Å². The van der Waals surface area contributed by atoms with Crippen molar-refractivity contribution >= 4 is 30.0 Å². The summed E-state index contributed by atoms with van der Waals surface area (Å²) in [5.41, 5.74) is 3.74. The van der Waals surface area contributed by atoms with Gasteiger partial charge in [-0.1, -0.05) is 31.2 Å². The van der Waals surface area contributed by atoms with Gasteiger partial charge in [0.1, 0.15) is 29.6 Å². The maximum atomic E-state index is 11.1. The highest BCUT2D eigenvalue weighted by Gasteiger charge is 2.26. The largest absolute Gasteiger partial charge is 0.465 e. The molecule has 1 saturated heterocycles. The standard InChI is InChI=1S/C27H31N5O4S/c1-3-23-24(14-28)26(32-10-8-22(9-11-32)36-13-12-35-18-33)31-27(25(23)15-29)37-17-21-6-4-20(5-7-21)16-30-19(2)34/h4-7,18,22H,3,8-13,16-17H2,1-2H3,(H,30,34). The highest BCUT2D eigenvalue weighted by Crippen LogP contribution is 2.34. The summed E-state index contributed by atoms with van der Waals surface area (Å²) in [6.45, 7) is 6.28. The lowest BCUT2D eigenvalue weighted by Crippen LogP contribution is -2.38. The predicted molar refractivity (Wildman–Crippen MR) is 140 cm³/mol. The zero-order chi connectivity index (χ0) is 26.6. The van der Waals surface area contributed by atoms with E-state index in [9.17, 15) is 20.1 Å². The Labute approximate surface area is 221 Å². The molecule has 1 amide bonds. The van der Waals surface area contributed by atoms with Crippen molar-refractivity contribution in [2.45, 2.75) is 56.5 Å². The second-order valence-corrected chi connectivity index (χ2v) is 9.55. The van der Waals surface area contributed by atoms with E-state index in [2.05, 4.69) is 27.1 Å². The molecule has 1 N–H and O–H groups in total. The minimum atomic E-state index is -0.0703. The molecule has 3 rings (SSSR count). The van der Waals surface area contributed by atoms with Crippen molar-refractivity contribution < 1.29 is 19.1 Å². The highest BCUT2D eigenvalue weighted by atomic mass is 32.2. The number of nitrogens with one attached hydrogen (secondary N) is 1. The van der Waals surface area contributed by atoms with Crippen molar-refractivity contribution in [3.63, 3.8) is 0 Å². The molecule has 2 heterocycles. The number of ether oxygens (including phenoxy) is 2. The Morgan fingerprint density at radius 1 is 1.16 bits per heavy atom. The maximum Gasteiger partial charge on any atom is 0.293 e. The van der Waals surface area contributed by atoms with Gasteiger partial charge in [-0.05, 0) is 36.0 Å². The molecule has 0 saturated carbocycles. The van der Waals surface area contributed by atoms with Crippen molar-refractivity contribution in [1.29, 1.82) is 10.5 Å². The molecule has 1 aromatic heterocycles. The molecule has 1 aliphatic heterocycles. The van der Waals surface area contributed by atoms with Crippen LogP contribution in [-0.2, 0) is 37.8 Å². The number of carbonyl (C=O) groups is 2. The SMILES string of the molecule is CCc1c(C#N)c(SCc2ccc(CNC(C)=O)cc2)nc(N2CCC(OCCOC=O)CC2)c1C#N. The third-order valence-corrected chi connectivity index (χ3v) is 7.18. The second kappa shape index (κ2) is 14.2. The molecule has 1 aliphatic rings. The van der Waals surface area contributed by atoms with Crippen LogP contribution in [0.1, 0.15) is 54.5 Å². The van der Waals surface area contributed by atoms with Crippen LogP contribution in [0.3, 0.4) is 0 Å². The maximum absolute atomic E-state index is 11.1. The summed E-state index contributed by atoms with van der Waals surface area (Å²) in [7, 11) is 0. The van der Waals surface area contributed by atoms with Crippen LogP contribution in [-0.4, -0.2) is 49.8 Å². The van der Waals surface area contributed by atoms with E-state index in [1.165, 1.54) is 18.7 Å². The molecule has 37 heavy (non-hydrogen) atoms. The average molecular weight is 522 g/mol. The number of piperidine rings is 1. The molecule has 0 bridgehead atoms. The number of benzene rings is 1. The quantitative estimate of drug-likeness (QED) is 0.254. The molecule has 1 aromatic carbocycles.